The topological polar surface area (TPSA) is 37.0 Å². The zero-order valence-corrected chi connectivity index (χ0v) is 11.4. The van der Waals surface area contributed by atoms with Gasteiger partial charge in [0.15, 0.2) is 0 Å². The summed E-state index contributed by atoms with van der Waals surface area (Å²) >= 11 is 5.88. The number of benzene rings is 1. The molecule has 2 aromatic rings. The Morgan fingerprint density at radius 1 is 1.32 bits per heavy atom. The molecule has 0 radical (unpaired) electrons. The van der Waals surface area contributed by atoms with Crippen molar-refractivity contribution in [1.82, 2.24) is 4.98 Å². The van der Waals surface area contributed by atoms with E-state index >= 15 is 0 Å². The number of nitrogens with one attached hydrogen (secondary N) is 2. The Kier molecular flexibility index (Phi) is 3.56. The summed E-state index contributed by atoms with van der Waals surface area (Å²) in [6, 6.07) is 10.3. The van der Waals surface area contributed by atoms with Crippen molar-refractivity contribution in [2.24, 2.45) is 0 Å². The Balaban J connectivity index is 1.77. The highest BCUT2D eigenvalue weighted by molar-refractivity contribution is 6.29. The van der Waals surface area contributed by atoms with E-state index in [9.17, 15) is 0 Å². The fourth-order valence-corrected chi connectivity index (χ4v) is 2.61. The molecule has 1 aromatic heterocycles. The first kappa shape index (κ1) is 12.3. The van der Waals surface area contributed by atoms with Crippen molar-refractivity contribution >= 4 is 23.0 Å². The molecule has 0 saturated heterocycles. The summed E-state index contributed by atoms with van der Waals surface area (Å²) in [5.74, 6) is 0. The SMILES string of the molecule is Clc1cc(NCc2cccc3c2NCCC3)ccn1. The number of pyridine rings is 1. The first-order valence-corrected chi connectivity index (χ1v) is 6.91. The van der Waals surface area contributed by atoms with Crippen LogP contribution >= 0.6 is 11.6 Å². The highest BCUT2D eigenvalue weighted by Crippen LogP contribution is 2.26. The Morgan fingerprint density at radius 3 is 3.16 bits per heavy atom. The molecule has 0 spiro atoms. The Hall–Kier alpha value is -1.74. The Morgan fingerprint density at radius 2 is 2.26 bits per heavy atom. The van der Waals surface area contributed by atoms with Gasteiger partial charge < -0.3 is 10.6 Å². The third-order valence-electron chi connectivity index (χ3n) is 3.37. The highest BCUT2D eigenvalue weighted by Gasteiger charge is 2.11. The molecule has 3 nitrogen and oxygen atoms in total. The number of nitrogens with zero attached hydrogens (tertiary/aromatic N) is 1. The number of aromatic nitrogens is 1. The van der Waals surface area contributed by atoms with E-state index < -0.39 is 0 Å². The molecule has 0 amide bonds. The average Bonchev–Trinajstić information content (AvgIpc) is 2.45. The number of halogens is 1. The molecule has 0 aliphatic carbocycles. The number of aryl methyl sites for hydroxylation is 1. The summed E-state index contributed by atoms with van der Waals surface area (Å²) in [6.45, 7) is 1.85. The second-order valence-corrected chi connectivity index (χ2v) is 5.09. The molecule has 19 heavy (non-hydrogen) atoms. The van der Waals surface area contributed by atoms with Gasteiger partial charge in [0.25, 0.3) is 0 Å². The summed E-state index contributed by atoms with van der Waals surface area (Å²) in [5.41, 5.74) is 5.00. The van der Waals surface area contributed by atoms with Crippen LogP contribution in [0.4, 0.5) is 11.4 Å². The molecule has 1 aromatic carbocycles. The number of anilines is 2. The summed E-state index contributed by atoms with van der Waals surface area (Å²) in [7, 11) is 0. The molecule has 98 valence electrons. The van der Waals surface area contributed by atoms with Gasteiger partial charge in [0, 0.05) is 30.7 Å². The van der Waals surface area contributed by atoms with Crippen LogP contribution in [0.25, 0.3) is 0 Å². The van der Waals surface area contributed by atoms with Gasteiger partial charge in [0.05, 0.1) is 0 Å². The molecular formula is C15H16ClN3. The minimum Gasteiger partial charge on any atom is -0.385 e. The van der Waals surface area contributed by atoms with Gasteiger partial charge in [-0.25, -0.2) is 4.98 Å². The predicted octanol–water partition coefficient (Wildman–Crippen LogP) is 3.71. The monoisotopic (exact) mass is 273 g/mol. The third-order valence-corrected chi connectivity index (χ3v) is 3.58. The van der Waals surface area contributed by atoms with E-state index in [1.54, 1.807) is 6.20 Å². The number of hydrogen-bond acceptors (Lipinski definition) is 3. The lowest BCUT2D eigenvalue weighted by molar-refractivity contribution is 0.825. The third kappa shape index (κ3) is 2.82. The van der Waals surface area contributed by atoms with Crippen molar-refractivity contribution in [2.75, 3.05) is 17.2 Å². The minimum absolute atomic E-state index is 0.512. The lowest BCUT2D eigenvalue weighted by atomic mass is 9.99. The van der Waals surface area contributed by atoms with Crippen molar-refractivity contribution in [3.05, 3.63) is 52.8 Å². The summed E-state index contributed by atoms with van der Waals surface area (Å²) in [4.78, 5) is 3.98. The summed E-state index contributed by atoms with van der Waals surface area (Å²) in [6.07, 6.45) is 4.09. The summed E-state index contributed by atoms with van der Waals surface area (Å²) < 4.78 is 0. The molecular weight excluding hydrogens is 258 g/mol. The van der Waals surface area contributed by atoms with E-state index in [1.165, 1.54) is 23.2 Å². The van der Waals surface area contributed by atoms with Gasteiger partial charge in [0.1, 0.15) is 5.15 Å². The normalized spacial score (nSPS) is 13.5. The lowest BCUT2D eigenvalue weighted by Crippen LogP contribution is -2.14. The van der Waals surface area contributed by atoms with Crippen molar-refractivity contribution < 1.29 is 0 Å². The van der Waals surface area contributed by atoms with Crippen LogP contribution in [0.5, 0.6) is 0 Å². The Bertz CT molecular complexity index is 583. The van der Waals surface area contributed by atoms with E-state index in [2.05, 4.69) is 33.8 Å². The van der Waals surface area contributed by atoms with Crippen LogP contribution in [-0.4, -0.2) is 11.5 Å². The maximum atomic E-state index is 5.88. The van der Waals surface area contributed by atoms with Crippen molar-refractivity contribution in [1.29, 1.82) is 0 Å². The van der Waals surface area contributed by atoms with Crippen molar-refractivity contribution in [3.8, 4) is 0 Å². The van der Waals surface area contributed by atoms with Gasteiger partial charge in [0.2, 0.25) is 0 Å². The first-order valence-electron chi connectivity index (χ1n) is 6.53. The molecule has 0 saturated carbocycles. The number of hydrogen-bond donors (Lipinski definition) is 2. The summed E-state index contributed by atoms with van der Waals surface area (Å²) in [5, 5.41) is 7.40. The fourth-order valence-electron chi connectivity index (χ4n) is 2.44. The van der Waals surface area contributed by atoms with E-state index in [-0.39, 0.29) is 0 Å². The fraction of sp³-hybridized carbons (Fsp3) is 0.267. The standard InChI is InChI=1S/C15H16ClN3/c16-14-9-13(6-8-17-14)19-10-12-4-1-3-11-5-2-7-18-15(11)12/h1,3-4,6,8-9,18H,2,5,7,10H2,(H,17,19). The van der Waals surface area contributed by atoms with E-state index in [4.69, 9.17) is 11.6 Å². The smallest absolute Gasteiger partial charge is 0.131 e. The van der Waals surface area contributed by atoms with Crippen molar-refractivity contribution in [3.63, 3.8) is 0 Å². The molecule has 2 heterocycles. The molecule has 0 fully saturated rings. The van der Waals surface area contributed by atoms with Crippen LogP contribution in [0.2, 0.25) is 5.15 Å². The second-order valence-electron chi connectivity index (χ2n) is 4.70. The highest BCUT2D eigenvalue weighted by atomic mass is 35.5. The van der Waals surface area contributed by atoms with Crippen LogP contribution in [0.1, 0.15) is 17.5 Å². The van der Waals surface area contributed by atoms with Crippen LogP contribution in [0, 0.1) is 0 Å². The number of fused-ring (bicyclic) bond motifs is 1. The number of para-hydroxylation sites is 1. The van der Waals surface area contributed by atoms with Gasteiger partial charge in [-0.1, -0.05) is 29.8 Å². The van der Waals surface area contributed by atoms with Gasteiger partial charge in [-0.15, -0.1) is 0 Å². The van der Waals surface area contributed by atoms with Crippen LogP contribution in [0.3, 0.4) is 0 Å². The maximum absolute atomic E-state index is 5.88. The van der Waals surface area contributed by atoms with E-state index in [0.29, 0.717) is 5.15 Å². The predicted molar refractivity (Wildman–Crippen MR) is 79.8 cm³/mol. The zero-order chi connectivity index (χ0) is 13.1. The molecule has 3 rings (SSSR count). The molecule has 4 heteroatoms. The molecule has 1 aliphatic heterocycles. The molecule has 2 N–H and O–H groups in total. The van der Waals surface area contributed by atoms with Gasteiger partial charge >= 0.3 is 0 Å². The lowest BCUT2D eigenvalue weighted by Gasteiger charge is -2.21. The van der Waals surface area contributed by atoms with Gasteiger partial charge in [-0.3, -0.25) is 0 Å². The van der Waals surface area contributed by atoms with Gasteiger partial charge in [-0.05, 0) is 36.1 Å². The molecule has 0 bridgehead atoms. The van der Waals surface area contributed by atoms with Crippen LogP contribution in [0.15, 0.2) is 36.5 Å². The molecule has 0 atom stereocenters. The number of rotatable bonds is 3. The minimum atomic E-state index is 0.512. The Labute approximate surface area is 118 Å². The zero-order valence-electron chi connectivity index (χ0n) is 10.6. The van der Waals surface area contributed by atoms with E-state index in [0.717, 1.165) is 25.2 Å². The van der Waals surface area contributed by atoms with Crippen molar-refractivity contribution in [2.45, 2.75) is 19.4 Å². The van der Waals surface area contributed by atoms with E-state index in [1.807, 2.05) is 12.1 Å². The largest absolute Gasteiger partial charge is 0.385 e. The van der Waals surface area contributed by atoms with Crippen LogP contribution < -0.4 is 10.6 Å². The molecule has 0 unspecified atom stereocenters. The van der Waals surface area contributed by atoms with Gasteiger partial charge in [-0.2, -0.15) is 0 Å². The quantitative estimate of drug-likeness (QED) is 0.837. The second kappa shape index (κ2) is 5.49. The first-order chi connectivity index (χ1) is 9.33. The van der Waals surface area contributed by atoms with Crippen LogP contribution in [-0.2, 0) is 13.0 Å². The molecule has 1 aliphatic rings. The maximum Gasteiger partial charge on any atom is 0.131 e. The average molecular weight is 274 g/mol.